The Bertz CT molecular complexity index is 844. The fourth-order valence-corrected chi connectivity index (χ4v) is 1.93. The number of hydrogen-bond donors (Lipinski definition) is 1. The van der Waals surface area contributed by atoms with Crippen LogP contribution in [0.2, 0.25) is 0 Å². The summed E-state index contributed by atoms with van der Waals surface area (Å²) in [5.41, 5.74) is 1.41. The van der Waals surface area contributed by atoms with Gasteiger partial charge in [-0.2, -0.15) is 4.98 Å². The molecule has 0 spiro atoms. The van der Waals surface area contributed by atoms with Crippen LogP contribution in [0.25, 0.3) is 23.5 Å². The number of pyridine rings is 1. The largest absolute Gasteiger partial charge is 0.496 e. The fraction of sp³-hybridized carbons (Fsp3) is 0.0625. The van der Waals surface area contributed by atoms with Crippen molar-refractivity contribution >= 4 is 12.2 Å². The minimum absolute atomic E-state index is 0.177. The second-order valence-corrected chi connectivity index (χ2v) is 4.47. The number of aromatic nitrogens is 3. The predicted molar refractivity (Wildman–Crippen MR) is 82.3 cm³/mol. The monoisotopic (exact) mass is 295 g/mol. The molecule has 0 saturated heterocycles. The van der Waals surface area contributed by atoms with Crippen LogP contribution in [0.3, 0.4) is 0 Å². The molecular formula is C16H13N3O3. The number of rotatable bonds is 4. The molecule has 2 heterocycles. The third-order valence-electron chi connectivity index (χ3n) is 3.03. The highest BCUT2D eigenvalue weighted by Gasteiger charge is 2.06. The van der Waals surface area contributed by atoms with Gasteiger partial charge in [0.2, 0.25) is 11.4 Å². The van der Waals surface area contributed by atoms with E-state index in [0.29, 0.717) is 17.3 Å². The predicted octanol–water partition coefficient (Wildman–Crippen LogP) is 2.60. The number of nitrogens with one attached hydrogen (secondary N) is 1. The molecule has 22 heavy (non-hydrogen) atoms. The van der Waals surface area contributed by atoms with Crippen LogP contribution in [-0.2, 0) is 0 Å². The van der Waals surface area contributed by atoms with E-state index in [0.717, 1.165) is 11.3 Å². The van der Waals surface area contributed by atoms with Gasteiger partial charge in [-0.05, 0) is 18.2 Å². The molecule has 0 radical (unpaired) electrons. The lowest BCUT2D eigenvalue weighted by Crippen LogP contribution is -2.01. The highest BCUT2D eigenvalue weighted by atomic mass is 16.5. The van der Waals surface area contributed by atoms with E-state index in [9.17, 15) is 4.79 Å². The van der Waals surface area contributed by atoms with E-state index >= 15 is 0 Å². The minimum Gasteiger partial charge on any atom is -0.496 e. The normalized spacial score (nSPS) is 11.0. The molecule has 3 rings (SSSR count). The van der Waals surface area contributed by atoms with E-state index in [1.165, 1.54) is 6.07 Å². The maximum absolute atomic E-state index is 11.0. The van der Waals surface area contributed by atoms with Crippen molar-refractivity contribution < 1.29 is 9.26 Å². The zero-order valence-electron chi connectivity index (χ0n) is 11.8. The van der Waals surface area contributed by atoms with E-state index in [4.69, 9.17) is 9.26 Å². The summed E-state index contributed by atoms with van der Waals surface area (Å²) in [6.07, 6.45) is 5.09. The maximum Gasteiger partial charge on any atom is 0.250 e. The van der Waals surface area contributed by atoms with Crippen LogP contribution in [0.1, 0.15) is 11.5 Å². The number of H-pyrrole nitrogens is 1. The molecule has 2 aromatic heterocycles. The van der Waals surface area contributed by atoms with E-state index in [2.05, 4.69) is 15.1 Å². The highest BCUT2D eigenvalue weighted by Crippen LogP contribution is 2.20. The summed E-state index contributed by atoms with van der Waals surface area (Å²) in [5, 5.41) is 3.88. The van der Waals surface area contributed by atoms with Gasteiger partial charge in [-0.25, -0.2) is 0 Å². The molecule has 0 aliphatic carbocycles. The van der Waals surface area contributed by atoms with Crippen LogP contribution < -0.4 is 10.3 Å². The lowest BCUT2D eigenvalue weighted by molar-refractivity contribution is 0.411. The Labute approximate surface area is 126 Å². The molecule has 0 unspecified atom stereocenters. The first-order chi connectivity index (χ1) is 10.8. The Morgan fingerprint density at radius 2 is 2.05 bits per heavy atom. The van der Waals surface area contributed by atoms with Gasteiger partial charge in [0.15, 0.2) is 0 Å². The Kier molecular flexibility index (Phi) is 3.82. The molecule has 110 valence electrons. The average Bonchev–Trinajstić information content (AvgIpc) is 3.03. The molecular weight excluding hydrogens is 282 g/mol. The lowest BCUT2D eigenvalue weighted by Gasteiger charge is -2.02. The smallest absolute Gasteiger partial charge is 0.250 e. The number of benzene rings is 1. The van der Waals surface area contributed by atoms with E-state index in [1.807, 2.05) is 30.3 Å². The zero-order valence-corrected chi connectivity index (χ0v) is 11.8. The second kappa shape index (κ2) is 6.09. The van der Waals surface area contributed by atoms with Crippen LogP contribution in [0.15, 0.2) is 51.9 Å². The Hall–Kier alpha value is -3.15. The molecule has 0 bridgehead atoms. The minimum atomic E-state index is -0.177. The molecule has 0 aliphatic heterocycles. The Balaban J connectivity index is 1.83. The third kappa shape index (κ3) is 2.95. The first kappa shape index (κ1) is 13.8. The molecule has 0 aliphatic rings. The molecule has 1 aromatic carbocycles. The number of aromatic amines is 1. The van der Waals surface area contributed by atoms with Gasteiger partial charge in [0.1, 0.15) is 5.75 Å². The van der Waals surface area contributed by atoms with Crippen LogP contribution in [-0.4, -0.2) is 22.2 Å². The lowest BCUT2D eigenvalue weighted by atomic mass is 10.2. The summed E-state index contributed by atoms with van der Waals surface area (Å²) in [5.74, 6) is 1.54. The maximum atomic E-state index is 11.0. The standard InChI is InChI=1S/C16H13N3O3/c1-21-13-5-3-2-4-11(13)7-9-15-18-16(19-22-15)12-6-8-14(20)17-10-12/h2-10H,1H3,(H,17,20)/b9-7+. The molecule has 1 N–H and O–H groups in total. The summed E-state index contributed by atoms with van der Waals surface area (Å²) in [6.45, 7) is 0. The van der Waals surface area contributed by atoms with Crippen LogP contribution in [0.5, 0.6) is 5.75 Å². The van der Waals surface area contributed by atoms with Gasteiger partial charge in [-0.1, -0.05) is 23.4 Å². The van der Waals surface area contributed by atoms with Crippen molar-refractivity contribution in [1.82, 2.24) is 15.1 Å². The van der Waals surface area contributed by atoms with Crippen LogP contribution >= 0.6 is 0 Å². The molecule has 0 amide bonds. The van der Waals surface area contributed by atoms with E-state index in [-0.39, 0.29) is 5.56 Å². The molecule has 3 aromatic rings. The average molecular weight is 295 g/mol. The van der Waals surface area contributed by atoms with Gasteiger partial charge in [-0.3, -0.25) is 4.79 Å². The van der Waals surface area contributed by atoms with E-state index in [1.54, 1.807) is 25.4 Å². The number of hydrogen-bond acceptors (Lipinski definition) is 5. The molecule has 6 nitrogen and oxygen atoms in total. The first-order valence-corrected chi connectivity index (χ1v) is 6.60. The number of methoxy groups -OCH3 is 1. The van der Waals surface area contributed by atoms with Crippen molar-refractivity contribution in [3.8, 4) is 17.1 Å². The van der Waals surface area contributed by atoms with Crippen molar-refractivity contribution in [2.75, 3.05) is 7.11 Å². The topological polar surface area (TPSA) is 81.0 Å². The van der Waals surface area contributed by atoms with Gasteiger partial charge in [0, 0.05) is 29.5 Å². The second-order valence-electron chi connectivity index (χ2n) is 4.47. The van der Waals surface area contributed by atoms with Crippen LogP contribution in [0.4, 0.5) is 0 Å². The van der Waals surface area contributed by atoms with Crippen molar-refractivity contribution in [3.63, 3.8) is 0 Å². The zero-order chi connectivity index (χ0) is 15.4. The van der Waals surface area contributed by atoms with Crippen molar-refractivity contribution in [1.29, 1.82) is 0 Å². The number of para-hydroxylation sites is 1. The van der Waals surface area contributed by atoms with Crippen molar-refractivity contribution in [3.05, 3.63) is 64.4 Å². The first-order valence-electron chi connectivity index (χ1n) is 6.60. The molecule has 0 fully saturated rings. The molecule has 0 atom stereocenters. The quantitative estimate of drug-likeness (QED) is 0.800. The Morgan fingerprint density at radius 3 is 2.82 bits per heavy atom. The molecule has 0 saturated carbocycles. The summed E-state index contributed by atoms with van der Waals surface area (Å²) < 4.78 is 10.4. The van der Waals surface area contributed by atoms with E-state index < -0.39 is 0 Å². The van der Waals surface area contributed by atoms with Gasteiger partial charge in [0.25, 0.3) is 5.89 Å². The van der Waals surface area contributed by atoms with Gasteiger partial charge < -0.3 is 14.2 Å². The highest BCUT2D eigenvalue weighted by molar-refractivity contribution is 5.70. The van der Waals surface area contributed by atoms with Crippen LogP contribution in [0, 0.1) is 0 Å². The number of ether oxygens (including phenoxy) is 1. The summed E-state index contributed by atoms with van der Waals surface area (Å²) in [6, 6.07) is 10.7. The molecule has 6 heteroatoms. The SMILES string of the molecule is COc1ccccc1/C=C/c1nc(-c2ccc(=O)[nH]c2)no1. The van der Waals surface area contributed by atoms with Gasteiger partial charge >= 0.3 is 0 Å². The van der Waals surface area contributed by atoms with Gasteiger partial charge in [0.05, 0.1) is 7.11 Å². The van der Waals surface area contributed by atoms with Gasteiger partial charge in [-0.15, -0.1) is 0 Å². The fourth-order valence-electron chi connectivity index (χ4n) is 1.93. The summed E-state index contributed by atoms with van der Waals surface area (Å²) in [7, 11) is 1.62. The van der Waals surface area contributed by atoms with Crippen molar-refractivity contribution in [2.45, 2.75) is 0 Å². The van der Waals surface area contributed by atoms with Crippen molar-refractivity contribution in [2.24, 2.45) is 0 Å². The number of nitrogens with zero attached hydrogens (tertiary/aromatic N) is 2. The summed E-state index contributed by atoms with van der Waals surface area (Å²) in [4.78, 5) is 17.9. The Morgan fingerprint density at radius 1 is 1.18 bits per heavy atom. The third-order valence-corrected chi connectivity index (χ3v) is 3.03. The summed E-state index contributed by atoms with van der Waals surface area (Å²) >= 11 is 0.